The summed E-state index contributed by atoms with van der Waals surface area (Å²) in [5.41, 5.74) is 1.63. The molecule has 27 heavy (non-hydrogen) atoms. The fourth-order valence-corrected chi connectivity index (χ4v) is 3.49. The molecule has 2 aliphatic heterocycles. The smallest absolute Gasteiger partial charge is 0.256 e. The van der Waals surface area contributed by atoms with Gasteiger partial charge in [0.1, 0.15) is 18.4 Å². The van der Waals surface area contributed by atoms with Crippen LogP contribution in [-0.2, 0) is 14.3 Å². The summed E-state index contributed by atoms with van der Waals surface area (Å²) < 4.78 is 10.3. The van der Waals surface area contributed by atoms with Gasteiger partial charge in [0, 0.05) is 25.8 Å². The third-order valence-electron chi connectivity index (χ3n) is 4.88. The van der Waals surface area contributed by atoms with Crippen LogP contribution in [0.4, 0.5) is 5.69 Å². The minimum atomic E-state index is -0.730. The van der Waals surface area contributed by atoms with Crippen LogP contribution in [0.15, 0.2) is 41.0 Å². The molecule has 1 saturated heterocycles. The minimum Gasteiger partial charge on any atom is -0.464 e. The first-order valence-corrected chi connectivity index (χ1v) is 8.65. The van der Waals surface area contributed by atoms with Gasteiger partial charge in [-0.3, -0.25) is 14.4 Å². The Bertz CT molecular complexity index is 893. The van der Waals surface area contributed by atoms with E-state index < -0.39 is 6.04 Å². The number of hydrogen-bond acceptors (Lipinski definition) is 5. The Morgan fingerprint density at radius 3 is 2.89 bits per heavy atom. The lowest BCUT2D eigenvalue weighted by atomic mass is 10.1. The number of carbonyl (C=O) groups is 3. The summed E-state index contributed by atoms with van der Waals surface area (Å²) >= 11 is 0. The maximum Gasteiger partial charge on any atom is 0.256 e. The Balaban J connectivity index is 1.64. The Hall–Kier alpha value is -3.13. The van der Waals surface area contributed by atoms with Crippen LogP contribution in [0.25, 0.3) is 11.3 Å². The highest BCUT2D eigenvalue weighted by Crippen LogP contribution is 2.30. The SMILES string of the molecule is COCC(=O)N1CCN2C(=O)c3cc(-c4ccco4)ccc3NC(=O)C2C1. The van der Waals surface area contributed by atoms with Crippen molar-refractivity contribution in [1.29, 1.82) is 0 Å². The summed E-state index contributed by atoms with van der Waals surface area (Å²) in [6.07, 6.45) is 1.57. The van der Waals surface area contributed by atoms with E-state index in [1.807, 2.05) is 6.07 Å². The fraction of sp³-hybridized carbons (Fsp3) is 0.316. The number of piperazine rings is 1. The van der Waals surface area contributed by atoms with Gasteiger partial charge in [0.15, 0.2) is 0 Å². The van der Waals surface area contributed by atoms with E-state index in [-0.39, 0.29) is 37.4 Å². The first-order chi connectivity index (χ1) is 13.1. The average molecular weight is 369 g/mol. The molecule has 3 heterocycles. The van der Waals surface area contributed by atoms with Crippen LogP contribution in [0.5, 0.6) is 0 Å². The summed E-state index contributed by atoms with van der Waals surface area (Å²) in [5, 5.41) is 2.81. The van der Waals surface area contributed by atoms with Gasteiger partial charge in [-0.05, 0) is 30.3 Å². The van der Waals surface area contributed by atoms with Gasteiger partial charge in [0.25, 0.3) is 5.91 Å². The zero-order valence-corrected chi connectivity index (χ0v) is 14.8. The van der Waals surface area contributed by atoms with Gasteiger partial charge in [-0.25, -0.2) is 0 Å². The van der Waals surface area contributed by atoms with Crippen LogP contribution < -0.4 is 5.32 Å². The molecular weight excluding hydrogens is 350 g/mol. The Kier molecular flexibility index (Phi) is 4.41. The number of methoxy groups -OCH3 is 1. The van der Waals surface area contributed by atoms with Gasteiger partial charge in [-0.2, -0.15) is 0 Å². The van der Waals surface area contributed by atoms with Crippen molar-refractivity contribution in [2.45, 2.75) is 6.04 Å². The number of rotatable bonds is 3. The van der Waals surface area contributed by atoms with Crippen LogP contribution in [0.2, 0.25) is 0 Å². The normalized spacial score (nSPS) is 19.2. The van der Waals surface area contributed by atoms with E-state index in [4.69, 9.17) is 9.15 Å². The van der Waals surface area contributed by atoms with Crippen molar-refractivity contribution in [2.24, 2.45) is 0 Å². The molecule has 1 aromatic carbocycles. The van der Waals surface area contributed by atoms with Gasteiger partial charge >= 0.3 is 0 Å². The predicted octanol–water partition coefficient (Wildman–Crippen LogP) is 1.20. The summed E-state index contributed by atoms with van der Waals surface area (Å²) in [5.74, 6) is -0.0877. The monoisotopic (exact) mass is 369 g/mol. The number of nitrogens with zero attached hydrogens (tertiary/aromatic N) is 2. The lowest BCUT2D eigenvalue weighted by Gasteiger charge is -2.39. The number of hydrogen-bond donors (Lipinski definition) is 1. The van der Waals surface area contributed by atoms with E-state index in [1.165, 1.54) is 12.0 Å². The van der Waals surface area contributed by atoms with Crippen LogP contribution in [0, 0.1) is 0 Å². The number of benzene rings is 1. The summed E-state index contributed by atoms with van der Waals surface area (Å²) in [4.78, 5) is 41.0. The summed E-state index contributed by atoms with van der Waals surface area (Å²) in [6.45, 7) is 0.759. The number of furan rings is 1. The van der Waals surface area contributed by atoms with Crippen molar-refractivity contribution in [3.8, 4) is 11.3 Å². The van der Waals surface area contributed by atoms with Crippen molar-refractivity contribution in [3.05, 3.63) is 42.2 Å². The standard InChI is InChI=1S/C19H19N3O5/c1-26-11-17(23)21-6-7-22-15(10-21)18(24)20-14-5-4-12(9-13(14)19(22)25)16-3-2-8-27-16/h2-5,8-9,15H,6-7,10-11H2,1H3,(H,20,24). The maximum atomic E-state index is 13.1. The van der Waals surface area contributed by atoms with Crippen LogP contribution in [-0.4, -0.2) is 66.9 Å². The lowest BCUT2D eigenvalue weighted by Crippen LogP contribution is -2.59. The summed E-state index contributed by atoms with van der Waals surface area (Å²) in [6, 6.07) is 8.08. The highest BCUT2D eigenvalue weighted by molar-refractivity contribution is 6.10. The zero-order valence-electron chi connectivity index (χ0n) is 14.8. The first kappa shape index (κ1) is 17.3. The predicted molar refractivity (Wildman–Crippen MR) is 96.1 cm³/mol. The van der Waals surface area contributed by atoms with Gasteiger partial charge in [0.05, 0.1) is 24.1 Å². The molecule has 8 nitrogen and oxygen atoms in total. The van der Waals surface area contributed by atoms with Crippen molar-refractivity contribution < 1.29 is 23.5 Å². The molecule has 2 aromatic rings. The number of ether oxygens (including phenoxy) is 1. The molecule has 0 radical (unpaired) electrons. The van der Waals surface area contributed by atoms with Crippen molar-refractivity contribution in [1.82, 2.24) is 9.80 Å². The van der Waals surface area contributed by atoms with Crippen LogP contribution in [0.3, 0.4) is 0 Å². The molecule has 2 aliphatic rings. The quantitative estimate of drug-likeness (QED) is 0.878. The molecule has 4 rings (SSSR count). The number of anilines is 1. The molecule has 3 amide bonds. The van der Waals surface area contributed by atoms with Crippen LogP contribution in [0.1, 0.15) is 10.4 Å². The Morgan fingerprint density at radius 1 is 1.30 bits per heavy atom. The average Bonchev–Trinajstić information content (AvgIpc) is 3.19. The second-order valence-electron chi connectivity index (χ2n) is 6.51. The van der Waals surface area contributed by atoms with Crippen molar-refractivity contribution in [2.75, 3.05) is 38.7 Å². The minimum absolute atomic E-state index is 0.0466. The Labute approximate surface area is 155 Å². The van der Waals surface area contributed by atoms with Gasteiger partial charge in [0.2, 0.25) is 11.8 Å². The second kappa shape index (κ2) is 6.88. The van der Waals surface area contributed by atoms with E-state index in [0.29, 0.717) is 23.6 Å². The molecule has 1 atom stereocenters. The second-order valence-corrected chi connectivity index (χ2v) is 6.51. The van der Waals surface area contributed by atoms with Gasteiger partial charge in [-0.15, -0.1) is 0 Å². The first-order valence-electron chi connectivity index (χ1n) is 8.65. The molecule has 140 valence electrons. The Morgan fingerprint density at radius 2 is 2.15 bits per heavy atom. The highest BCUT2D eigenvalue weighted by atomic mass is 16.5. The number of carbonyl (C=O) groups excluding carboxylic acids is 3. The number of nitrogens with one attached hydrogen (secondary N) is 1. The van der Waals surface area contributed by atoms with Crippen molar-refractivity contribution in [3.63, 3.8) is 0 Å². The molecule has 1 unspecified atom stereocenters. The largest absolute Gasteiger partial charge is 0.464 e. The maximum absolute atomic E-state index is 13.1. The topological polar surface area (TPSA) is 92.1 Å². The van der Waals surface area contributed by atoms with Gasteiger partial charge < -0.3 is 24.3 Å². The summed E-state index contributed by atoms with van der Waals surface area (Å²) in [7, 11) is 1.45. The molecule has 0 saturated carbocycles. The highest BCUT2D eigenvalue weighted by Gasteiger charge is 2.40. The third kappa shape index (κ3) is 3.08. The van der Waals surface area contributed by atoms with E-state index in [0.717, 1.165) is 5.56 Å². The van der Waals surface area contributed by atoms with E-state index in [2.05, 4.69) is 5.32 Å². The molecule has 0 aliphatic carbocycles. The molecule has 1 N–H and O–H groups in total. The van der Waals surface area contributed by atoms with Crippen LogP contribution >= 0.6 is 0 Å². The van der Waals surface area contributed by atoms with Gasteiger partial charge in [-0.1, -0.05) is 0 Å². The number of fused-ring (bicyclic) bond motifs is 2. The zero-order chi connectivity index (χ0) is 19.0. The van der Waals surface area contributed by atoms with E-state index in [1.54, 1.807) is 35.4 Å². The molecule has 0 bridgehead atoms. The van der Waals surface area contributed by atoms with Crippen molar-refractivity contribution >= 4 is 23.4 Å². The molecule has 1 aromatic heterocycles. The number of amides is 3. The molecule has 1 fully saturated rings. The third-order valence-corrected chi connectivity index (χ3v) is 4.88. The molecule has 8 heteroatoms. The van der Waals surface area contributed by atoms with E-state index >= 15 is 0 Å². The lowest BCUT2D eigenvalue weighted by molar-refractivity contribution is -0.139. The fourth-order valence-electron chi connectivity index (χ4n) is 3.49. The molecular formula is C19H19N3O5. The van der Waals surface area contributed by atoms with E-state index in [9.17, 15) is 14.4 Å². The molecule has 0 spiro atoms.